The van der Waals surface area contributed by atoms with E-state index >= 15 is 0 Å². The maximum Gasteiger partial charge on any atom is 0.320 e. The molecule has 2 aromatic rings. The molecule has 8 nitrogen and oxygen atoms in total. The molecule has 4 rings (SSSR count). The van der Waals surface area contributed by atoms with Crippen LogP contribution >= 0.6 is 0 Å². The van der Waals surface area contributed by atoms with Gasteiger partial charge in [0.05, 0.1) is 11.0 Å². The lowest BCUT2D eigenvalue weighted by Crippen LogP contribution is -2.37. The lowest BCUT2D eigenvalue weighted by atomic mass is 10.1. The van der Waals surface area contributed by atoms with E-state index in [9.17, 15) is 4.79 Å². The SMILES string of the molecule is N=C/C(=C\NC1CCNCC1)c1cnc2ccc(NC(=O)NC3CCCC3)nc2c1. The third kappa shape index (κ3) is 5.13. The number of piperidine rings is 1. The average Bonchev–Trinajstić information content (AvgIpc) is 3.27. The Bertz CT molecular complexity index is 930. The highest BCUT2D eigenvalue weighted by atomic mass is 16.2. The quantitative estimate of drug-likeness (QED) is 0.472. The zero-order valence-corrected chi connectivity index (χ0v) is 17.1. The Hall–Kier alpha value is -3.00. The van der Waals surface area contributed by atoms with Gasteiger partial charge >= 0.3 is 6.03 Å². The molecule has 2 aliphatic rings. The van der Waals surface area contributed by atoms with E-state index in [4.69, 9.17) is 5.41 Å². The molecule has 0 bridgehead atoms. The predicted octanol–water partition coefficient (Wildman–Crippen LogP) is 3.03. The van der Waals surface area contributed by atoms with E-state index in [2.05, 4.69) is 31.2 Å². The molecule has 0 unspecified atom stereocenters. The van der Waals surface area contributed by atoms with E-state index in [-0.39, 0.29) is 12.1 Å². The number of amides is 2. The van der Waals surface area contributed by atoms with E-state index < -0.39 is 0 Å². The molecule has 0 radical (unpaired) electrons. The number of fused-ring (bicyclic) bond motifs is 1. The Labute approximate surface area is 176 Å². The number of aromatic nitrogens is 2. The smallest absolute Gasteiger partial charge is 0.320 e. The summed E-state index contributed by atoms with van der Waals surface area (Å²) in [5.74, 6) is 0.491. The molecule has 0 spiro atoms. The average molecular weight is 408 g/mol. The van der Waals surface area contributed by atoms with E-state index in [1.807, 2.05) is 18.3 Å². The number of allylic oxidation sites excluding steroid dienone is 1. The molecule has 3 heterocycles. The van der Waals surface area contributed by atoms with Crippen LogP contribution in [0.3, 0.4) is 0 Å². The standard InChI is InChI=1S/C22H29N7O/c23-12-16(14-25-17-7-9-24-10-8-17)15-11-20-19(26-13-15)5-6-21(28-20)29-22(30)27-18-3-1-2-4-18/h5-6,11-14,17-18,23-25H,1-4,7-10H2,(H2,27,28,29,30)/b16-14+,23-12?. The number of hydrogen-bond acceptors (Lipinski definition) is 6. The molecule has 2 amide bonds. The summed E-state index contributed by atoms with van der Waals surface area (Å²) in [6, 6.07) is 5.97. The highest BCUT2D eigenvalue weighted by Crippen LogP contribution is 2.20. The maximum absolute atomic E-state index is 12.2. The fourth-order valence-electron chi connectivity index (χ4n) is 4.05. The van der Waals surface area contributed by atoms with Gasteiger partial charge in [-0.1, -0.05) is 12.8 Å². The van der Waals surface area contributed by atoms with Crippen LogP contribution in [0.5, 0.6) is 0 Å². The molecule has 8 heteroatoms. The van der Waals surface area contributed by atoms with Crippen molar-refractivity contribution in [2.24, 2.45) is 0 Å². The van der Waals surface area contributed by atoms with Crippen molar-refractivity contribution in [3.05, 3.63) is 36.2 Å². The van der Waals surface area contributed by atoms with Gasteiger partial charge in [0.25, 0.3) is 0 Å². The minimum absolute atomic E-state index is 0.218. The normalized spacial score (nSPS) is 18.3. The molecular weight excluding hydrogens is 378 g/mol. The second-order valence-corrected chi connectivity index (χ2v) is 7.97. The summed E-state index contributed by atoms with van der Waals surface area (Å²) in [4.78, 5) is 21.3. The molecule has 1 aliphatic carbocycles. The van der Waals surface area contributed by atoms with Crippen LogP contribution in [0.1, 0.15) is 44.1 Å². The number of carbonyl (C=O) groups excluding carboxylic acids is 1. The first kappa shape index (κ1) is 20.3. The molecule has 2 aromatic heterocycles. The van der Waals surface area contributed by atoms with Crippen LogP contribution < -0.4 is 21.3 Å². The molecule has 0 aromatic carbocycles. The Balaban J connectivity index is 1.47. The largest absolute Gasteiger partial charge is 0.388 e. The minimum Gasteiger partial charge on any atom is -0.388 e. The van der Waals surface area contributed by atoms with Gasteiger partial charge < -0.3 is 21.4 Å². The summed E-state index contributed by atoms with van der Waals surface area (Å²) in [6.07, 6.45) is 11.5. The Morgan fingerprint density at radius 2 is 1.90 bits per heavy atom. The number of rotatable bonds is 6. The van der Waals surface area contributed by atoms with Crippen molar-refractivity contribution in [3.63, 3.8) is 0 Å². The molecule has 30 heavy (non-hydrogen) atoms. The number of anilines is 1. The Morgan fingerprint density at radius 1 is 1.10 bits per heavy atom. The van der Waals surface area contributed by atoms with Crippen molar-refractivity contribution in [1.29, 1.82) is 5.41 Å². The van der Waals surface area contributed by atoms with E-state index in [0.29, 0.717) is 17.4 Å². The first-order valence-electron chi connectivity index (χ1n) is 10.7. The van der Waals surface area contributed by atoms with Crippen LogP contribution in [0.4, 0.5) is 10.6 Å². The second-order valence-electron chi connectivity index (χ2n) is 7.97. The first-order chi connectivity index (χ1) is 14.7. The van der Waals surface area contributed by atoms with Crippen LogP contribution in [-0.2, 0) is 0 Å². The molecule has 1 aliphatic heterocycles. The van der Waals surface area contributed by atoms with Crippen LogP contribution in [0.25, 0.3) is 16.6 Å². The Morgan fingerprint density at radius 3 is 2.67 bits per heavy atom. The van der Waals surface area contributed by atoms with E-state index in [0.717, 1.165) is 55.4 Å². The van der Waals surface area contributed by atoms with Gasteiger partial charge in [0.1, 0.15) is 5.82 Å². The Kier molecular flexibility index (Phi) is 6.53. The highest BCUT2D eigenvalue weighted by molar-refractivity contribution is 6.08. The maximum atomic E-state index is 12.2. The van der Waals surface area contributed by atoms with Gasteiger partial charge in [-0.05, 0) is 57.0 Å². The second kappa shape index (κ2) is 9.67. The van der Waals surface area contributed by atoms with Gasteiger partial charge in [0, 0.05) is 41.8 Å². The number of urea groups is 1. The lowest BCUT2D eigenvalue weighted by molar-refractivity contribution is 0.248. The summed E-state index contributed by atoms with van der Waals surface area (Å²) in [7, 11) is 0. The zero-order valence-electron chi connectivity index (χ0n) is 17.1. The van der Waals surface area contributed by atoms with Crippen LogP contribution in [-0.4, -0.2) is 47.4 Å². The summed E-state index contributed by atoms with van der Waals surface area (Å²) in [6.45, 7) is 2.02. The molecule has 0 atom stereocenters. The summed E-state index contributed by atoms with van der Waals surface area (Å²) in [5.41, 5.74) is 3.00. The van der Waals surface area contributed by atoms with Crippen molar-refractivity contribution in [1.82, 2.24) is 25.9 Å². The monoisotopic (exact) mass is 407 g/mol. The van der Waals surface area contributed by atoms with Gasteiger partial charge in [0.2, 0.25) is 0 Å². The fourth-order valence-corrected chi connectivity index (χ4v) is 4.05. The minimum atomic E-state index is -0.218. The van der Waals surface area contributed by atoms with Crippen molar-refractivity contribution in [2.45, 2.75) is 50.6 Å². The third-order valence-corrected chi connectivity index (χ3v) is 5.77. The molecule has 1 saturated heterocycles. The number of pyridine rings is 2. The topological polar surface area (TPSA) is 115 Å². The number of nitrogens with zero attached hydrogens (tertiary/aromatic N) is 2. The van der Waals surface area contributed by atoms with Crippen molar-refractivity contribution < 1.29 is 4.79 Å². The molecular formula is C22H29N7O. The van der Waals surface area contributed by atoms with Crippen LogP contribution in [0.2, 0.25) is 0 Å². The zero-order chi connectivity index (χ0) is 20.8. The first-order valence-corrected chi connectivity index (χ1v) is 10.7. The lowest BCUT2D eigenvalue weighted by Gasteiger charge is -2.23. The van der Waals surface area contributed by atoms with Gasteiger partial charge in [-0.3, -0.25) is 10.3 Å². The van der Waals surface area contributed by atoms with Crippen molar-refractivity contribution >= 4 is 34.7 Å². The third-order valence-electron chi connectivity index (χ3n) is 5.77. The number of hydrogen-bond donors (Lipinski definition) is 5. The summed E-state index contributed by atoms with van der Waals surface area (Å²) < 4.78 is 0. The summed E-state index contributed by atoms with van der Waals surface area (Å²) >= 11 is 0. The highest BCUT2D eigenvalue weighted by Gasteiger charge is 2.17. The molecule has 158 valence electrons. The fraction of sp³-hybridized carbons (Fsp3) is 0.455. The molecule has 1 saturated carbocycles. The van der Waals surface area contributed by atoms with Gasteiger partial charge in [-0.2, -0.15) is 0 Å². The number of carbonyl (C=O) groups is 1. The van der Waals surface area contributed by atoms with Gasteiger partial charge in [-0.25, -0.2) is 9.78 Å². The molecule has 2 fully saturated rings. The van der Waals surface area contributed by atoms with Crippen molar-refractivity contribution in [3.8, 4) is 0 Å². The number of nitrogens with one attached hydrogen (secondary N) is 5. The van der Waals surface area contributed by atoms with E-state index in [1.54, 1.807) is 12.3 Å². The van der Waals surface area contributed by atoms with E-state index in [1.165, 1.54) is 19.1 Å². The van der Waals surface area contributed by atoms with Crippen molar-refractivity contribution in [2.75, 3.05) is 18.4 Å². The summed E-state index contributed by atoms with van der Waals surface area (Å²) in [5, 5.41) is 20.4. The van der Waals surface area contributed by atoms with Gasteiger partial charge in [0.15, 0.2) is 0 Å². The van der Waals surface area contributed by atoms with Crippen LogP contribution in [0, 0.1) is 5.41 Å². The van der Waals surface area contributed by atoms with Gasteiger partial charge in [-0.15, -0.1) is 0 Å². The van der Waals surface area contributed by atoms with Crippen LogP contribution in [0.15, 0.2) is 30.6 Å². The molecule has 5 N–H and O–H groups in total. The predicted molar refractivity (Wildman–Crippen MR) is 120 cm³/mol.